The van der Waals surface area contributed by atoms with E-state index in [-0.39, 0.29) is 32.0 Å². The third kappa shape index (κ3) is 35.9. The lowest BCUT2D eigenvalue weighted by Crippen LogP contribution is -2.47. The van der Waals surface area contributed by atoms with Gasteiger partial charge >= 0.3 is 12.1 Å². The first-order valence-electron chi connectivity index (χ1n) is 18.8. The molecule has 0 heterocycles. The molecule has 0 aromatic heterocycles. The molecule has 6 amide bonds. The predicted molar refractivity (Wildman–Crippen MR) is 213 cm³/mol. The van der Waals surface area contributed by atoms with E-state index in [1.807, 2.05) is 41.5 Å². The van der Waals surface area contributed by atoms with E-state index in [0.717, 1.165) is 12.0 Å². The molecule has 1 aromatic rings. The predicted octanol–water partition coefficient (Wildman–Crippen LogP) is 5.39. The molecule has 0 bridgehead atoms. The fourth-order valence-corrected chi connectivity index (χ4v) is 3.52. The summed E-state index contributed by atoms with van der Waals surface area (Å²) in [7, 11) is 3.45. The minimum atomic E-state index is -0.909. The number of nitrogens with two attached hydrogens (primary N) is 1. The number of anilines is 1. The van der Waals surface area contributed by atoms with Crippen molar-refractivity contribution in [2.45, 2.75) is 120 Å². The molecule has 8 N–H and O–H groups in total. The summed E-state index contributed by atoms with van der Waals surface area (Å²) in [4.78, 5) is 61.7. The molecule has 0 saturated carbocycles. The number of likely N-dealkylation sites (N-methyl/N-ethyl adjacent to an activating group) is 2. The molecule has 0 spiro atoms. The van der Waals surface area contributed by atoms with Gasteiger partial charge in [-0.1, -0.05) is 87.8 Å². The van der Waals surface area contributed by atoms with E-state index in [0.29, 0.717) is 56.5 Å². The number of aliphatic hydroxyl groups excluding tert-OH is 1. The van der Waals surface area contributed by atoms with Crippen LogP contribution in [0.4, 0.5) is 15.3 Å². The molecular formula is C38H75N7O7. The average Bonchev–Trinajstić information content (AvgIpc) is 3.11. The summed E-state index contributed by atoms with van der Waals surface area (Å²) >= 11 is 0. The van der Waals surface area contributed by atoms with Crippen molar-refractivity contribution in [1.82, 2.24) is 26.2 Å². The number of primary amides is 1. The number of amides is 6. The molecule has 14 nitrogen and oxygen atoms in total. The second kappa shape index (κ2) is 38.3. The molecule has 0 radical (unpaired) electrons. The first kappa shape index (κ1) is 54.9. The van der Waals surface area contributed by atoms with Crippen LogP contribution in [0, 0.1) is 11.8 Å². The second-order valence-electron chi connectivity index (χ2n) is 12.1. The van der Waals surface area contributed by atoms with Crippen LogP contribution in [0.1, 0.15) is 113 Å². The van der Waals surface area contributed by atoms with Gasteiger partial charge in [-0.25, -0.2) is 9.59 Å². The second-order valence-corrected chi connectivity index (χ2v) is 12.1. The Labute approximate surface area is 315 Å². The fraction of sp³-hybridized carbons (Fsp3) is 0.711. The lowest BCUT2D eigenvalue weighted by molar-refractivity contribution is -0.128. The number of rotatable bonds is 19. The van der Waals surface area contributed by atoms with Gasteiger partial charge < -0.3 is 47.1 Å². The number of carbonyl (C=O) groups excluding carboxylic acids is 5. The van der Waals surface area contributed by atoms with Crippen molar-refractivity contribution >= 4 is 35.5 Å². The van der Waals surface area contributed by atoms with E-state index < -0.39 is 30.0 Å². The zero-order chi connectivity index (χ0) is 40.9. The smallest absolute Gasteiger partial charge is 0.409 e. The Morgan fingerprint density at radius 2 is 1.40 bits per heavy atom. The van der Waals surface area contributed by atoms with E-state index in [1.165, 1.54) is 11.3 Å². The summed E-state index contributed by atoms with van der Waals surface area (Å²) < 4.78 is 5.28. The van der Waals surface area contributed by atoms with Crippen LogP contribution < -0.4 is 32.3 Å². The largest absolute Gasteiger partial charge is 0.445 e. The van der Waals surface area contributed by atoms with Gasteiger partial charge in [0.1, 0.15) is 12.6 Å². The molecule has 0 fully saturated rings. The molecule has 0 aliphatic carbocycles. The molecule has 14 heteroatoms. The maximum absolute atomic E-state index is 12.9. The van der Waals surface area contributed by atoms with Crippen molar-refractivity contribution in [2.24, 2.45) is 17.6 Å². The first-order chi connectivity index (χ1) is 24.7. The third-order valence-corrected chi connectivity index (χ3v) is 6.31. The Morgan fingerprint density at radius 1 is 0.846 bits per heavy atom. The maximum Gasteiger partial charge on any atom is 0.409 e. The molecular weight excluding hydrogens is 666 g/mol. The van der Waals surface area contributed by atoms with Gasteiger partial charge in [-0.2, -0.15) is 0 Å². The molecule has 1 aromatic carbocycles. The van der Waals surface area contributed by atoms with E-state index in [4.69, 9.17) is 15.6 Å². The van der Waals surface area contributed by atoms with E-state index in [2.05, 4.69) is 54.3 Å². The highest BCUT2D eigenvalue weighted by atomic mass is 16.6. The van der Waals surface area contributed by atoms with E-state index in [9.17, 15) is 24.0 Å². The number of aliphatic hydroxyl groups is 1. The van der Waals surface area contributed by atoms with Gasteiger partial charge in [0, 0.05) is 45.4 Å². The minimum Gasteiger partial charge on any atom is -0.445 e. The number of nitrogens with one attached hydrogen (secondary N) is 5. The van der Waals surface area contributed by atoms with Gasteiger partial charge in [0.25, 0.3) is 0 Å². The number of hydrogen-bond donors (Lipinski definition) is 7. The van der Waals surface area contributed by atoms with Crippen LogP contribution in [0.5, 0.6) is 0 Å². The van der Waals surface area contributed by atoms with Crippen LogP contribution >= 0.6 is 0 Å². The van der Waals surface area contributed by atoms with Crippen LogP contribution in [-0.4, -0.2) is 92.8 Å². The van der Waals surface area contributed by atoms with Crippen molar-refractivity contribution in [3.05, 3.63) is 29.8 Å². The van der Waals surface area contributed by atoms with Crippen LogP contribution in [-0.2, 0) is 25.7 Å². The zero-order valence-corrected chi connectivity index (χ0v) is 34.4. The summed E-state index contributed by atoms with van der Waals surface area (Å²) in [6, 6.07) is 5.16. The number of ether oxygens (including phenoxy) is 1. The van der Waals surface area contributed by atoms with Crippen LogP contribution in [0.3, 0.4) is 0 Å². The van der Waals surface area contributed by atoms with E-state index >= 15 is 0 Å². The van der Waals surface area contributed by atoms with Gasteiger partial charge in [0.2, 0.25) is 17.7 Å². The Bertz CT molecular complexity index is 1040. The molecule has 0 aliphatic rings. The molecule has 1 unspecified atom stereocenters. The van der Waals surface area contributed by atoms with Gasteiger partial charge in [0.15, 0.2) is 0 Å². The molecule has 0 saturated heterocycles. The van der Waals surface area contributed by atoms with Crippen LogP contribution in [0.15, 0.2) is 24.3 Å². The summed E-state index contributed by atoms with van der Waals surface area (Å²) in [5, 5.41) is 21.6. The summed E-state index contributed by atoms with van der Waals surface area (Å²) in [5.41, 5.74) is 6.29. The van der Waals surface area contributed by atoms with Crippen molar-refractivity contribution in [2.75, 3.05) is 52.2 Å². The highest BCUT2D eigenvalue weighted by Gasteiger charge is 2.21. The number of benzene rings is 1. The zero-order valence-electron chi connectivity index (χ0n) is 34.4. The monoisotopic (exact) mass is 742 g/mol. The van der Waals surface area contributed by atoms with Crippen LogP contribution in [0.2, 0.25) is 0 Å². The normalized spacial score (nSPS) is 10.2. The van der Waals surface area contributed by atoms with Gasteiger partial charge in [-0.05, 0) is 62.3 Å². The Morgan fingerprint density at radius 3 is 1.87 bits per heavy atom. The van der Waals surface area contributed by atoms with E-state index in [1.54, 1.807) is 38.4 Å². The molecule has 52 heavy (non-hydrogen) atoms. The number of urea groups is 1. The number of carbonyl (C=O) groups is 5. The Hall–Kier alpha value is -3.91. The molecule has 1 rings (SSSR count). The van der Waals surface area contributed by atoms with Gasteiger partial charge in [-0.3, -0.25) is 14.4 Å². The molecule has 304 valence electrons. The summed E-state index contributed by atoms with van der Waals surface area (Å²) in [6.45, 7) is 22.0. The van der Waals surface area contributed by atoms with Crippen molar-refractivity contribution in [3.8, 4) is 0 Å². The average molecular weight is 742 g/mol. The summed E-state index contributed by atoms with van der Waals surface area (Å²) in [5.74, 6) is -0.187. The standard InChI is InChI=1S/C26H43N7O6.C5H12O.C3H8.2C2H6/c1-18(2)7-12-22(34)30-16-23(35)32-21(6-5-13-29-25(27)37)24(36)31-20-10-8-19(9-11-20)17-39-26(38)33(4)15-14-28-3;1-5(2)3-4-6;1-3-2;2*1-2/h8-11,18,21,28H,5-7,12-17H2,1-4H3,(H,30,34)(H,31,36)(H,32,35)(H3,27,29,37);5-6H,3-4H2,1-2H3;3H2,1-2H3;2*1-2H3. The third-order valence-electron chi connectivity index (χ3n) is 6.31. The Kier molecular flexibility index (Phi) is 40.4. The Balaban J connectivity index is -0.000000765. The van der Waals surface area contributed by atoms with Crippen molar-refractivity contribution < 1.29 is 33.8 Å². The van der Waals surface area contributed by atoms with Crippen molar-refractivity contribution in [3.63, 3.8) is 0 Å². The quantitative estimate of drug-likeness (QED) is 0.0914. The molecule has 1 atom stereocenters. The van der Waals surface area contributed by atoms with Gasteiger partial charge in [0.05, 0.1) is 6.54 Å². The van der Waals surface area contributed by atoms with Gasteiger partial charge in [-0.15, -0.1) is 0 Å². The topological polar surface area (TPSA) is 204 Å². The van der Waals surface area contributed by atoms with Crippen molar-refractivity contribution in [1.29, 1.82) is 0 Å². The first-order valence-corrected chi connectivity index (χ1v) is 18.8. The minimum absolute atomic E-state index is 0.0748. The SMILES string of the molecule is CC.CC.CC(C)CCO.CCC.CNCCN(C)C(=O)OCc1ccc(NC(=O)C(CCCNC(N)=O)NC(=O)CNC(=O)CCC(C)C)cc1. The molecule has 0 aliphatic heterocycles. The van der Waals surface area contributed by atoms with Crippen LogP contribution in [0.25, 0.3) is 0 Å². The maximum atomic E-state index is 12.9. The highest BCUT2D eigenvalue weighted by Crippen LogP contribution is 2.12. The number of hydrogen-bond acceptors (Lipinski definition) is 8. The fourth-order valence-electron chi connectivity index (χ4n) is 3.52. The lowest BCUT2D eigenvalue weighted by atomic mass is 10.1. The highest BCUT2D eigenvalue weighted by molar-refractivity contribution is 5.97. The summed E-state index contributed by atoms with van der Waals surface area (Å²) in [6.07, 6.45) is 3.38. The number of nitrogens with zero attached hydrogens (tertiary/aromatic N) is 1. The lowest BCUT2D eigenvalue weighted by Gasteiger charge is -2.19.